The molecule has 2 aromatic carbocycles. The Morgan fingerprint density at radius 1 is 1.12 bits per heavy atom. The second-order valence-corrected chi connectivity index (χ2v) is 7.33. The van der Waals surface area contributed by atoms with Crippen molar-refractivity contribution in [2.45, 2.75) is 39.5 Å². The minimum Gasteiger partial charge on any atom is -0.273 e. The molecular weight excluding hydrogens is 308 g/mol. The largest absolute Gasteiger partial charge is 0.273 e. The number of hydrogen-bond donors (Lipinski definition) is 1. The molecule has 1 aliphatic rings. The molecule has 0 aliphatic heterocycles. The lowest BCUT2D eigenvalue weighted by atomic mass is 10.0. The normalized spacial score (nSPS) is 19.8. The van der Waals surface area contributed by atoms with Crippen LogP contribution in [-0.2, 0) is 11.2 Å². The van der Waals surface area contributed by atoms with E-state index in [1.54, 1.807) is 0 Å². The SMILES string of the molecule is C/C(=N/NC(=O)[C@H]1C[C@@H]1c1ccccc1)c1ccc(CC(C)C)cc1. The average molecular weight is 334 g/mol. The summed E-state index contributed by atoms with van der Waals surface area (Å²) in [6.45, 7) is 6.37. The van der Waals surface area contributed by atoms with E-state index >= 15 is 0 Å². The number of rotatable bonds is 6. The van der Waals surface area contributed by atoms with Gasteiger partial charge in [-0.2, -0.15) is 5.10 Å². The maximum absolute atomic E-state index is 12.3. The maximum atomic E-state index is 12.3. The molecule has 1 aliphatic carbocycles. The van der Waals surface area contributed by atoms with E-state index in [0.717, 1.165) is 24.1 Å². The van der Waals surface area contributed by atoms with Crippen LogP contribution in [0.3, 0.4) is 0 Å². The molecule has 0 unspecified atom stereocenters. The van der Waals surface area contributed by atoms with Crippen molar-refractivity contribution in [2.75, 3.05) is 0 Å². The molecule has 0 bridgehead atoms. The number of hydrogen-bond acceptors (Lipinski definition) is 2. The van der Waals surface area contributed by atoms with Crippen LogP contribution < -0.4 is 5.43 Å². The molecule has 3 nitrogen and oxygen atoms in total. The van der Waals surface area contributed by atoms with Gasteiger partial charge in [0.1, 0.15) is 0 Å². The quantitative estimate of drug-likeness (QED) is 0.612. The molecule has 130 valence electrons. The third kappa shape index (κ3) is 4.56. The molecule has 25 heavy (non-hydrogen) atoms. The van der Waals surface area contributed by atoms with Crippen molar-refractivity contribution < 1.29 is 4.79 Å². The van der Waals surface area contributed by atoms with Crippen LogP contribution in [0.25, 0.3) is 0 Å². The Kier molecular flexibility index (Phi) is 5.32. The molecule has 3 heteroatoms. The van der Waals surface area contributed by atoms with Gasteiger partial charge in [-0.25, -0.2) is 5.43 Å². The van der Waals surface area contributed by atoms with Gasteiger partial charge >= 0.3 is 0 Å². The zero-order chi connectivity index (χ0) is 17.8. The lowest BCUT2D eigenvalue weighted by Gasteiger charge is -2.07. The Morgan fingerprint density at radius 3 is 2.44 bits per heavy atom. The van der Waals surface area contributed by atoms with Gasteiger partial charge in [0.05, 0.1) is 5.71 Å². The van der Waals surface area contributed by atoms with Crippen molar-refractivity contribution in [1.29, 1.82) is 0 Å². The second-order valence-electron chi connectivity index (χ2n) is 7.33. The van der Waals surface area contributed by atoms with Gasteiger partial charge in [0, 0.05) is 5.92 Å². The molecule has 2 aromatic rings. The number of nitrogens with zero attached hydrogens (tertiary/aromatic N) is 1. The number of hydrazone groups is 1. The van der Waals surface area contributed by atoms with Crippen molar-refractivity contribution in [1.82, 2.24) is 5.43 Å². The monoisotopic (exact) mass is 334 g/mol. The first kappa shape index (κ1) is 17.4. The van der Waals surface area contributed by atoms with E-state index in [0.29, 0.717) is 11.8 Å². The van der Waals surface area contributed by atoms with Crippen LogP contribution in [0.2, 0.25) is 0 Å². The number of amides is 1. The summed E-state index contributed by atoms with van der Waals surface area (Å²) >= 11 is 0. The van der Waals surface area contributed by atoms with Crippen LogP contribution in [0.5, 0.6) is 0 Å². The highest BCUT2D eigenvalue weighted by molar-refractivity contribution is 5.99. The predicted octanol–water partition coefficient (Wildman–Crippen LogP) is 4.53. The van der Waals surface area contributed by atoms with Crippen LogP contribution in [0.15, 0.2) is 59.7 Å². The van der Waals surface area contributed by atoms with Crippen molar-refractivity contribution in [2.24, 2.45) is 16.9 Å². The van der Waals surface area contributed by atoms with Crippen LogP contribution in [0.1, 0.15) is 49.8 Å². The van der Waals surface area contributed by atoms with Gasteiger partial charge < -0.3 is 0 Å². The molecule has 0 radical (unpaired) electrons. The summed E-state index contributed by atoms with van der Waals surface area (Å²) in [5.41, 5.74) is 7.19. The molecule has 1 amide bonds. The summed E-state index contributed by atoms with van der Waals surface area (Å²) in [5.74, 6) is 1.06. The van der Waals surface area contributed by atoms with Gasteiger partial charge in [-0.05, 0) is 48.3 Å². The summed E-state index contributed by atoms with van der Waals surface area (Å²) in [5, 5.41) is 4.29. The van der Waals surface area contributed by atoms with Gasteiger partial charge in [-0.1, -0.05) is 68.4 Å². The van der Waals surface area contributed by atoms with E-state index in [1.165, 1.54) is 11.1 Å². The zero-order valence-corrected chi connectivity index (χ0v) is 15.2. The van der Waals surface area contributed by atoms with Crippen LogP contribution in [-0.4, -0.2) is 11.6 Å². The zero-order valence-electron chi connectivity index (χ0n) is 15.2. The van der Waals surface area contributed by atoms with Gasteiger partial charge in [-0.15, -0.1) is 0 Å². The van der Waals surface area contributed by atoms with E-state index in [-0.39, 0.29) is 11.8 Å². The highest BCUT2D eigenvalue weighted by Gasteiger charge is 2.43. The Morgan fingerprint density at radius 2 is 1.80 bits per heavy atom. The Balaban J connectivity index is 1.56. The van der Waals surface area contributed by atoms with Crippen LogP contribution in [0.4, 0.5) is 0 Å². The maximum Gasteiger partial charge on any atom is 0.243 e. The Bertz CT molecular complexity index is 747. The van der Waals surface area contributed by atoms with Crippen LogP contribution >= 0.6 is 0 Å². The first-order valence-electron chi connectivity index (χ1n) is 9.03. The molecule has 0 aromatic heterocycles. The van der Waals surface area contributed by atoms with E-state index in [4.69, 9.17) is 0 Å². The summed E-state index contributed by atoms with van der Waals surface area (Å²) < 4.78 is 0. The van der Waals surface area contributed by atoms with E-state index in [1.807, 2.05) is 25.1 Å². The minimum absolute atomic E-state index is 0.0182. The highest BCUT2D eigenvalue weighted by Crippen LogP contribution is 2.47. The first-order valence-corrected chi connectivity index (χ1v) is 9.03. The third-order valence-corrected chi connectivity index (χ3v) is 4.70. The van der Waals surface area contributed by atoms with Gasteiger partial charge in [0.15, 0.2) is 0 Å². The fourth-order valence-electron chi connectivity index (χ4n) is 3.19. The van der Waals surface area contributed by atoms with Crippen molar-refractivity contribution >= 4 is 11.6 Å². The Labute approximate surface area is 150 Å². The number of carbonyl (C=O) groups excluding carboxylic acids is 1. The van der Waals surface area contributed by atoms with Crippen molar-refractivity contribution in [3.05, 3.63) is 71.3 Å². The van der Waals surface area contributed by atoms with E-state index in [2.05, 4.69) is 60.8 Å². The third-order valence-electron chi connectivity index (χ3n) is 4.70. The van der Waals surface area contributed by atoms with Gasteiger partial charge in [0.2, 0.25) is 5.91 Å². The summed E-state index contributed by atoms with van der Waals surface area (Å²) in [7, 11) is 0. The smallest absolute Gasteiger partial charge is 0.243 e. The molecular formula is C22H26N2O. The minimum atomic E-state index is 0.0182. The second kappa shape index (κ2) is 7.64. The standard InChI is InChI=1S/C22H26N2O/c1-15(2)13-17-9-11-18(12-10-17)16(3)23-24-22(25)21-14-20(21)19-7-5-4-6-8-19/h4-12,15,20-21H,13-14H2,1-3H3,(H,24,25)/b23-16-/t20-,21+/m1/s1. The molecule has 1 saturated carbocycles. The predicted molar refractivity (Wildman–Crippen MR) is 103 cm³/mol. The molecule has 1 fully saturated rings. The highest BCUT2D eigenvalue weighted by atomic mass is 16.2. The first-order chi connectivity index (χ1) is 12.0. The fraction of sp³-hybridized carbons (Fsp3) is 0.364. The molecule has 2 atom stereocenters. The van der Waals surface area contributed by atoms with E-state index in [9.17, 15) is 4.79 Å². The van der Waals surface area contributed by atoms with E-state index < -0.39 is 0 Å². The van der Waals surface area contributed by atoms with Crippen LogP contribution in [0, 0.1) is 11.8 Å². The summed E-state index contributed by atoms with van der Waals surface area (Å²) in [4.78, 5) is 12.3. The molecule has 0 saturated heterocycles. The molecule has 0 spiro atoms. The molecule has 3 rings (SSSR count). The molecule has 1 N–H and O–H groups in total. The number of nitrogens with one attached hydrogen (secondary N) is 1. The van der Waals surface area contributed by atoms with Gasteiger partial charge in [0.25, 0.3) is 0 Å². The lowest BCUT2D eigenvalue weighted by molar-refractivity contribution is -0.122. The topological polar surface area (TPSA) is 41.5 Å². The summed E-state index contributed by atoms with van der Waals surface area (Å²) in [6.07, 6.45) is 1.99. The van der Waals surface area contributed by atoms with Crippen molar-refractivity contribution in [3.8, 4) is 0 Å². The average Bonchev–Trinajstić information content (AvgIpc) is 3.41. The Hall–Kier alpha value is -2.42. The van der Waals surface area contributed by atoms with Crippen molar-refractivity contribution in [3.63, 3.8) is 0 Å². The lowest BCUT2D eigenvalue weighted by Crippen LogP contribution is -2.21. The number of carbonyl (C=O) groups is 1. The fourth-order valence-corrected chi connectivity index (χ4v) is 3.19. The summed E-state index contributed by atoms with van der Waals surface area (Å²) in [6, 6.07) is 18.7. The van der Waals surface area contributed by atoms with Gasteiger partial charge in [-0.3, -0.25) is 4.79 Å². The molecule has 0 heterocycles. The number of benzene rings is 2.